The van der Waals surface area contributed by atoms with Crippen molar-refractivity contribution in [2.75, 3.05) is 7.11 Å². The number of ether oxygens (including phenoxy) is 1. The third kappa shape index (κ3) is 1.98. The molecule has 0 aromatic rings. The molecule has 4 aliphatic carbocycles. The van der Waals surface area contributed by atoms with Crippen LogP contribution in [0.15, 0.2) is 11.6 Å². The molecular formula is C20H30O5. The fourth-order valence-corrected chi connectivity index (χ4v) is 7.06. The van der Waals surface area contributed by atoms with Crippen LogP contribution in [0, 0.1) is 34.5 Å². The summed E-state index contributed by atoms with van der Waals surface area (Å²) < 4.78 is 5.20. The lowest BCUT2D eigenvalue weighted by molar-refractivity contribution is -0.155. The van der Waals surface area contributed by atoms with Crippen LogP contribution in [0.5, 0.6) is 0 Å². The normalized spacial score (nSPS) is 53.0. The van der Waals surface area contributed by atoms with Crippen molar-refractivity contribution >= 4 is 5.97 Å². The lowest BCUT2D eigenvalue weighted by Gasteiger charge is -2.43. The summed E-state index contributed by atoms with van der Waals surface area (Å²) >= 11 is 0. The van der Waals surface area contributed by atoms with E-state index >= 15 is 0 Å². The monoisotopic (exact) mass is 350 g/mol. The predicted molar refractivity (Wildman–Crippen MR) is 91.4 cm³/mol. The van der Waals surface area contributed by atoms with Crippen molar-refractivity contribution in [1.82, 2.24) is 0 Å². The Morgan fingerprint density at radius 2 is 1.96 bits per heavy atom. The van der Waals surface area contributed by atoms with Crippen molar-refractivity contribution in [3.05, 3.63) is 11.6 Å². The predicted octanol–water partition coefficient (Wildman–Crippen LogP) is 1.65. The first kappa shape index (κ1) is 17.5. The number of allylic oxidation sites excluding steroid dienone is 1. The molecule has 5 nitrogen and oxygen atoms in total. The number of fused-ring (bicyclic) bond motifs is 3. The molecule has 0 saturated heterocycles. The maximum Gasteiger partial charge on any atom is 0.309 e. The topological polar surface area (TPSA) is 87.0 Å². The summed E-state index contributed by atoms with van der Waals surface area (Å²) in [4.78, 5) is 12.9. The summed E-state index contributed by atoms with van der Waals surface area (Å²) in [6.45, 7) is 6.12. The van der Waals surface area contributed by atoms with Crippen LogP contribution >= 0.6 is 0 Å². The van der Waals surface area contributed by atoms with E-state index < -0.39 is 17.8 Å². The van der Waals surface area contributed by atoms with Gasteiger partial charge in [-0.05, 0) is 54.3 Å². The molecule has 0 radical (unpaired) electrons. The summed E-state index contributed by atoms with van der Waals surface area (Å²) in [5.74, 6) is -0.758. The summed E-state index contributed by atoms with van der Waals surface area (Å²) in [6, 6.07) is 0. The molecule has 2 bridgehead atoms. The van der Waals surface area contributed by atoms with E-state index in [-0.39, 0.29) is 40.5 Å². The molecule has 3 N–H and O–H groups in total. The van der Waals surface area contributed by atoms with Gasteiger partial charge in [-0.1, -0.05) is 32.4 Å². The van der Waals surface area contributed by atoms with Crippen LogP contribution in [0.4, 0.5) is 0 Å². The van der Waals surface area contributed by atoms with Crippen LogP contribution in [-0.4, -0.2) is 46.2 Å². The van der Waals surface area contributed by atoms with Gasteiger partial charge in [0.2, 0.25) is 0 Å². The third-order valence-electron chi connectivity index (χ3n) is 8.23. The van der Waals surface area contributed by atoms with Crippen molar-refractivity contribution in [2.24, 2.45) is 34.5 Å². The van der Waals surface area contributed by atoms with E-state index in [0.29, 0.717) is 6.42 Å². The number of aliphatic hydroxyl groups is 3. The Hall–Kier alpha value is -0.910. The van der Waals surface area contributed by atoms with Crippen molar-refractivity contribution in [1.29, 1.82) is 0 Å². The highest BCUT2D eigenvalue weighted by molar-refractivity contribution is 5.76. The molecule has 3 saturated carbocycles. The van der Waals surface area contributed by atoms with Crippen LogP contribution in [0.25, 0.3) is 0 Å². The van der Waals surface area contributed by atoms with Crippen LogP contribution in [0.3, 0.4) is 0 Å². The van der Waals surface area contributed by atoms with Crippen LogP contribution in [0.2, 0.25) is 0 Å². The Morgan fingerprint density at radius 1 is 1.28 bits per heavy atom. The van der Waals surface area contributed by atoms with Gasteiger partial charge in [-0.3, -0.25) is 4.79 Å². The first-order chi connectivity index (χ1) is 11.6. The van der Waals surface area contributed by atoms with Gasteiger partial charge in [0, 0.05) is 0 Å². The van der Waals surface area contributed by atoms with Gasteiger partial charge in [0.25, 0.3) is 0 Å². The molecule has 25 heavy (non-hydrogen) atoms. The minimum Gasteiger partial charge on any atom is -0.469 e. The van der Waals surface area contributed by atoms with Crippen LogP contribution < -0.4 is 0 Å². The van der Waals surface area contributed by atoms with E-state index in [1.54, 1.807) is 6.08 Å². The molecule has 5 heteroatoms. The Morgan fingerprint density at radius 3 is 2.60 bits per heavy atom. The van der Waals surface area contributed by atoms with Gasteiger partial charge in [0.1, 0.15) is 0 Å². The second kappa shape index (κ2) is 5.08. The number of aliphatic hydroxyl groups excluding tert-OH is 2. The minimum atomic E-state index is -0.884. The zero-order valence-corrected chi connectivity index (χ0v) is 15.5. The summed E-state index contributed by atoms with van der Waals surface area (Å²) in [5.41, 5.74) is -0.245. The number of hydrogen-bond acceptors (Lipinski definition) is 5. The molecule has 8 unspecified atom stereocenters. The largest absolute Gasteiger partial charge is 0.469 e. The second-order valence-electron chi connectivity index (χ2n) is 9.63. The van der Waals surface area contributed by atoms with Crippen molar-refractivity contribution in [3.8, 4) is 0 Å². The first-order valence-electron chi connectivity index (χ1n) is 9.46. The van der Waals surface area contributed by atoms with Gasteiger partial charge < -0.3 is 20.1 Å². The maximum atomic E-state index is 12.9. The number of carbonyl (C=O) groups excluding carboxylic acids is 1. The van der Waals surface area contributed by atoms with Crippen molar-refractivity contribution < 1.29 is 24.9 Å². The zero-order chi connectivity index (χ0) is 18.4. The Bertz CT molecular complexity index is 636. The zero-order valence-electron chi connectivity index (χ0n) is 15.5. The van der Waals surface area contributed by atoms with E-state index in [1.807, 2.05) is 6.92 Å². The highest BCUT2D eigenvalue weighted by Gasteiger charge is 2.73. The lowest BCUT2D eigenvalue weighted by atomic mass is 9.63. The molecule has 140 valence electrons. The van der Waals surface area contributed by atoms with E-state index in [4.69, 9.17) is 4.74 Å². The summed E-state index contributed by atoms with van der Waals surface area (Å²) in [7, 11) is 1.42. The SMILES string of the molecule is COC(=O)C1C2C(=CC(O)C(O)C2C)C2CCC3(O)CC21CC3(C)C. The number of carbonyl (C=O) groups is 1. The molecule has 4 aliphatic rings. The molecule has 0 amide bonds. The number of esters is 1. The average molecular weight is 350 g/mol. The van der Waals surface area contributed by atoms with Gasteiger partial charge in [-0.15, -0.1) is 0 Å². The Kier molecular flexibility index (Phi) is 3.56. The molecule has 1 spiro atoms. The fraction of sp³-hybridized carbons (Fsp3) is 0.850. The average Bonchev–Trinajstić information content (AvgIpc) is 2.88. The van der Waals surface area contributed by atoms with Gasteiger partial charge in [-0.2, -0.15) is 0 Å². The molecule has 4 rings (SSSR count). The van der Waals surface area contributed by atoms with Gasteiger partial charge in [-0.25, -0.2) is 0 Å². The first-order valence-corrected chi connectivity index (χ1v) is 9.46. The quantitative estimate of drug-likeness (QED) is 0.494. The second-order valence-corrected chi connectivity index (χ2v) is 9.63. The van der Waals surface area contributed by atoms with Gasteiger partial charge >= 0.3 is 5.97 Å². The molecule has 3 fully saturated rings. The fourth-order valence-electron chi connectivity index (χ4n) is 7.06. The van der Waals surface area contributed by atoms with Gasteiger partial charge in [0.05, 0.1) is 30.8 Å². The lowest BCUT2D eigenvalue weighted by Crippen LogP contribution is -2.45. The number of rotatable bonds is 1. The molecule has 0 aromatic heterocycles. The van der Waals surface area contributed by atoms with Crippen molar-refractivity contribution in [2.45, 2.75) is 64.3 Å². The van der Waals surface area contributed by atoms with Crippen LogP contribution in [-0.2, 0) is 9.53 Å². The Labute approximate surface area is 149 Å². The minimum absolute atomic E-state index is 0.118. The summed E-state index contributed by atoms with van der Waals surface area (Å²) in [5, 5.41) is 32.0. The molecule has 0 heterocycles. The van der Waals surface area contributed by atoms with E-state index in [9.17, 15) is 20.1 Å². The summed E-state index contributed by atoms with van der Waals surface area (Å²) in [6.07, 6.45) is 2.96. The van der Waals surface area contributed by atoms with Crippen molar-refractivity contribution in [3.63, 3.8) is 0 Å². The molecular weight excluding hydrogens is 320 g/mol. The molecule has 8 atom stereocenters. The highest BCUT2D eigenvalue weighted by atomic mass is 16.5. The number of methoxy groups -OCH3 is 1. The number of hydrogen-bond donors (Lipinski definition) is 3. The smallest absolute Gasteiger partial charge is 0.309 e. The van der Waals surface area contributed by atoms with E-state index in [2.05, 4.69) is 13.8 Å². The molecule has 0 aliphatic heterocycles. The standard InChI is InChI=1S/C20H30O5/c1-10-14-11(7-13(21)16(10)22)12-5-6-20(24)9-19(12,8-18(20,2)3)15(14)17(23)25-4/h7,10,12-16,21-22,24H,5-6,8-9H2,1-4H3. The highest BCUT2D eigenvalue weighted by Crippen LogP contribution is 2.74. The van der Waals surface area contributed by atoms with E-state index in [1.165, 1.54) is 7.11 Å². The maximum absolute atomic E-state index is 12.9. The Balaban J connectivity index is 1.89. The van der Waals surface area contributed by atoms with Crippen LogP contribution in [0.1, 0.15) is 46.5 Å². The third-order valence-corrected chi connectivity index (χ3v) is 8.23. The molecule has 0 aromatic carbocycles. The van der Waals surface area contributed by atoms with Gasteiger partial charge in [0.15, 0.2) is 0 Å². The van der Waals surface area contributed by atoms with E-state index in [0.717, 1.165) is 24.8 Å².